The minimum absolute atomic E-state index is 0.508. The Hall–Kier alpha value is -1.03. The highest BCUT2D eigenvalue weighted by molar-refractivity contribution is 9.10. The van der Waals surface area contributed by atoms with Gasteiger partial charge in [-0.3, -0.25) is 0 Å². The molecule has 0 saturated carbocycles. The first-order valence-electron chi connectivity index (χ1n) is 4.57. The van der Waals surface area contributed by atoms with Crippen LogP contribution in [0.3, 0.4) is 0 Å². The van der Waals surface area contributed by atoms with E-state index in [9.17, 15) is 4.79 Å². The van der Waals surface area contributed by atoms with E-state index in [0.29, 0.717) is 24.3 Å². The molecular weight excluding hydrogens is 260 g/mol. The van der Waals surface area contributed by atoms with E-state index >= 15 is 0 Å². The van der Waals surface area contributed by atoms with Crippen molar-refractivity contribution in [2.24, 2.45) is 0 Å². The molecule has 0 aromatic heterocycles. The maximum absolute atomic E-state index is 10.3. The van der Waals surface area contributed by atoms with Crippen molar-refractivity contribution in [2.45, 2.75) is 12.8 Å². The van der Waals surface area contributed by atoms with Crippen molar-refractivity contribution >= 4 is 22.2 Å². The fourth-order valence-electron chi connectivity index (χ4n) is 1.30. The zero-order valence-corrected chi connectivity index (χ0v) is 10.3. The molecule has 0 heterocycles. The van der Waals surface area contributed by atoms with Gasteiger partial charge in [0.1, 0.15) is 6.29 Å². The molecule has 0 fully saturated rings. The number of aldehydes is 1. The molecule has 0 saturated heterocycles. The molecule has 0 unspecified atom stereocenters. The van der Waals surface area contributed by atoms with Crippen molar-refractivity contribution in [3.63, 3.8) is 0 Å². The maximum atomic E-state index is 10.3. The zero-order valence-electron chi connectivity index (χ0n) is 8.75. The molecule has 0 atom stereocenters. The van der Waals surface area contributed by atoms with Crippen LogP contribution in [0.4, 0.5) is 0 Å². The summed E-state index contributed by atoms with van der Waals surface area (Å²) in [6.07, 6.45) is 2.11. The van der Waals surface area contributed by atoms with Crippen molar-refractivity contribution in [3.8, 4) is 11.5 Å². The summed E-state index contributed by atoms with van der Waals surface area (Å²) in [6.45, 7) is 0. The van der Waals surface area contributed by atoms with Crippen molar-refractivity contribution in [3.05, 3.63) is 22.2 Å². The van der Waals surface area contributed by atoms with Gasteiger partial charge in [-0.05, 0) is 24.1 Å². The number of halogens is 1. The number of hydrogen-bond donors (Lipinski definition) is 0. The average molecular weight is 273 g/mol. The number of rotatable bonds is 5. The Bertz CT molecular complexity index is 350. The summed E-state index contributed by atoms with van der Waals surface area (Å²) in [4.78, 5) is 10.3. The fraction of sp³-hybridized carbons (Fsp3) is 0.364. The number of carbonyl (C=O) groups excluding carboxylic acids is 1. The number of carbonyl (C=O) groups is 1. The molecule has 0 radical (unpaired) electrons. The summed E-state index contributed by atoms with van der Waals surface area (Å²) in [5.41, 5.74) is 1.04. The maximum Gasteiger partial charge on any atom is 0.161 e. The highest BCUT2D eigenvalue weighted by atomic mass is 79.9. The van der Waals surface area contributed by atoms with Gasteiger partial charge in [0.05, 0.1) is 14.2 Å². The Morgan fingerprint density at radius 2 is 1.87 bits per heavy atom. The van der Waals surface area contributed by atoms with Crippen LogP contribution in [-0.2, 0) is 11.2 Å². The van der Waals surface area contributed by atoms with Crippen LogP contribution in [0.2, 0.25) is 0 Å². The van der Waals surface area contributed by atoms with Gasteiger partial charge in [0.25, 0.3) is 0 Å². The molecule has 0 amide bonds. The van der Waals surface area contributed by atoms with Gasteiger partial charge >= 0.3 is 0 Å². The Morgan fingerprint density at radius 3 is 2.40 bits per heavy atom. The predicted octanol–water partition coefficient (Wildman–Crippen LogP) is 2.60. The van der Waals surface area contributed by atoms with Crippen LogP contribution in [-0.4, -0.2) is 20.5 Å². The molecule has 4 heteroatoms. The highest BCUT2D eigenvalue weighted by Crippen LogP contribution is 2.33. The van der Waals surface area contributed by atoms with Crippen molar-refractivity contribution in [1.29, 1.82) is 0 Å². The van der Waals surface area contributed by atoms with E-state index in [4.69, 9.17) is 9.47 Å². The minimum Gasteiger partial charge on any atom is -0.493 e. The Labute approximate surface area is 97.5 Å². The van der Waals surface area contributed by atoms with Gasteiger partial charge in [-0.15, -0.1) is 0 Å². The van der Waals surface area contributed by atoms with E-state index in [-0.39, 0.29) is 0 Å². The Kier molecular flexibility index (Phi) is 4.62. The van der Waals surface area contributed by atoms with Crippen LogP contribution in [0.25, 0.3) is 0 Å². The second kappa shape index (κ2) is 5.75. The predicted molar refractivity (Wildman–Crippen MR) is 61.6 cm³/mol. The third-order valence-corrected chi connectivity index (χ3v) is 2.82. The molecule has 0 spiro atoms. The minimum atomic E-state index is 0.508. The summed E-state index contributed by atoms with van der Waals surface area (Å²) in [5.74, 6) is 1.36. The Morgan fingerprint density at radius 1 is 1.27 bits per heavy atom. The van der Waals surface area contributed by atoms with Crippen LogP contribution < -0.4 is 9.47 Å². The molecule has 3 nitrogen and oxygen atoms in total. The number of hydrogen-bond acceptors (Lipinski definition) is 3. The van der Waals surface area contributed by atoms with Crippen LogP contribution in [0.15, 0.2) is 16.6 Å². The van der Waals surface area contributed by atoms with Crippen LogP contribution in [0.5, 0.6) is 11.5 Å². The molecule has 0 aliphatic heterocycles. The largest absolute Gasteiger partial charge is 0.493 e. The highest BCUT2D eigenvalue weighted by Gasteiger charge is 2.08. The lowest BCUT2D eigenvalue weighted by molar-refractivity contribution is -0.107. The fourth-order valence-corrected chi connectivity index (χ4v) is 1.82. The van der Waals surface area contributed by atoms with Crippen LogP contribution in [0.1, 0.15) is 12.0 Å². The topological polar surface area (TPSA) is 35.5 Å². The molecule has 15 heavy (non-hydrogen) atoms. The number of aryl methyl sites for hydroxylation is 1. The van der Waals surface area contributed by atoms with E-state index < -0.39 is 0 Å². The number of ether oxygens (including phenoxy) is 2. The lowest BCUT2D eigenvalue weighted by atomic mass is 10.1. The summed E-state index contributed by atoms with van der Waals surface area (Å²) >= 11 is 3.43. The summed E-state index contributed by atoms with van der Waals surface area (Å²) < 4.78 is 11.3. The van der Waals surface area contributed by atoms with Gasteiger partial charge in [-0.1, -0.05) is 15.9 Å². The molecule has 1 aromatic rings. The average Bonchev–Trinajstić information content (AvgIpc) is 2.27. The summed E-state index contributed by atoms with van der Waals surface area (Å²) in [5, 5.41) is 0. The van der Waals surface area contributed by atoms with Crippen LogP contribution in [0, 0.1) is 0 Å². The summed E-state index contributed by atoms with van der Waals surface area (Å²) in [7, 11) is 3.19. The van der Waals surface area contributed by atoms with E-state index in [2.05, 4.69) is 15.9 Å². The molecule has 1 aromatic carbocycles. The zero-order chi connectivity index (χ0) is 11.3. The van der Waals surface area contributed by atoms with Gasteiger partial charge < -0.3 is 14.3 Å². The first-order valence-corrected chi connectivity index (χ1v) is 5.36. The van der Waals surface area contributed by atoms with Crippen LogP contribution >= 0.6 is 15.9 Å². The van der Waals surface area contributed by atoms with E-state index in [0.717, 1.165) is 16.3 Å². The standard InChI is InChI=1S/C11H13BrO3/c1-14-10-6-8(4-3-5-13)9(12)7-11(10)15-2/h5-7H,3-4H2,1-2H3. The molecule has 1 rings (SSSR count). The molecule has 0 bridgehead atoms. The SMILES string of the molecule is COc1cc(Br)c(CCC=O)cc1OC. The van der Waals surface area contributed by atoms with Crippen molar-refractivity contribution < 1.29 is 14.3 Å². The van der Waals surface area contributed by atoms with Gasteiger partial charge in [-0.2, -0.15) is 0 Å². The molecule has 0 aliphatic rings. The van der Waals surface area contributed by atoms with Crippen molar-refractivity contribution in [2.75, 3.05) is 14.2 Å². The summed E-state index contributed by atoms with van der Waals surface area (Å²) in [6, 6.07) is 3.73. The van der Waals surface area contributed by atoms with Crippen molar-refractivity contribution in [1.82, 2.24) is 0 Å². The Balaban J connectivity index is 3.02. The number of benzene rings is 1. The quantitative estimate of drug-likeness (QED) is 0.773. The van der Waals surface area contributed by atoms with Gasteiger partial charge in [0.2, 0.25) is 0 Å². The third-order valence-electron chi connectivity index (χ3n) is 2.08. The van der Waals surface area contributed by atoms with Gasteiger partial charge in [0.15, 0.2) is 11.5 Å². The molecule has 0 aliphatic carbocycles. The lowest BCUT2D eigenvalue weighted by Gasteiger charge is -2.11. The molecular formula is C11H13BrO3. The number of methoxy groups -OCH3 is 2. The normalized spacial score (nSPS) is 9.80. The smallest absolute Gasteiger partial charge is 0.161 e. The second-order valence-corrected chi connectivity index (χ2v) is 3.86. The van der Waals surface area contributed by atoms with Gasteiger partial charge in [0, 0.05) is 10.9 Å². The lowest BCUT2D eigenvalue weighted by Crippen LogP contribution is -1.94. The second-order valence-electron chi connectivity index (χ2n) is 3.00. The monoisotopic (exact) mass is 272 g/mol. The van der Waals surface area contributed by atoms with E-state index in [1.165, 1.54) is 0 Å². The molecule has 0 N–H and O–H groups in total. The molecule has 82 valence electrons. The first-order chi connectivity index (χ1) is 7.22. The third kappa shape index (κ3) is 2.96. The van der Waals surface area contributed by atoms with E-state index in [1.54, 1.807) is 14.2 Å². The first kappa shape index (κ1) is 12.0. The van der Waals surface area contributed by atoms with Gasteiger partial charge in [-0.25, -0.2) is 0 Å². The van der Waals surface area contributed by atoms with E-state index in [1.807, 2.05) is 12.1 Å².